The number of halogens is 2. The van der Waals surface area contributed by atoms with Gasteiger partial charge in [0.05, 0.1) is 10.5 Å². The molecule has 1 saturated heterocycles. The Kier molecular flexibility index (Phi) is 9.78. The Morgan fingerprint density at radius 2 is 1.45 bits per heavy atom. The molecule has 1 unspecified atom stereocenters. The number of rotatable bonds is 8. The zero-order valence-corrected chi connectivity index (χ0v) is 24.6. The van der Waals surface area contributed by atoms with Crippen molar-refractivity contribution in [3.8, 4) is 0 Å². The van der Waals surface area contributed by atoms with Gasteiger partial charge in [0.15, 0.2) is 24.5 Å². The van der Waals surface area contributed by atoms with Gasteiger partial charge in [-0.15, -0.1) is 0 Å². The molecule has 42 heavy (non-hydrogen) atoms. The molecule has 0 aliphatic carbocycles. The quantitative estimate of drug-likeness (QED) is 0.286. The average molecular weight is 622 g/mol. The molecular weight excluding hydrogens is 593 g/mol. The number of carbonyl (C=O) groups is 4. The molecule has 3 aromatic rings. The van der Waals surface area contributed by atoms with E-state index in [2.05, 4.69) is 0 Å². The van der Waals surface area contributed by atoms with Crippen LogP contribution in [-0.2, 0) is 42.9 Å². The number of nitrogens with zero attached hydrogens (tertiary/aromatic N) is 1. The monoisotopic (exact) mass is 621 g/mol. The van der Waals surface area contributed by atoms with Crippen LogP contribution in [0.15, 0.2) is 48.7 Å². The van der Waals surface area contributed by atoms with E-state index in [1.165, 1.54) is 6.92 Å². The molecule has 0 amide bonds. The third-order valence-electron chi connectivity index (χ3n) is 6.56. The van der Waals surface area contributed by atoms with Gasteiger partial charge in [-0.05, 0) is 29.8 Å². The maximum Gasteiger partial charge on any atom is 0.303 e. The van der Waals surface area contributed by atoms with Crippen LogP contribution in [0.5, 0.6) is 0 Å². The van der Waals surface area contributed by atoms with Crippen LogP contribution in [0.25, 0.3) is 10.9 Å². The second-order valence-electron chi connectivity index (χ2n) is 9.67. The molecule has 1 N–H and O–H groups in total. The molecule has 1 aliphatic heterocycles. The maximum atomic E-state index is 12.3. The van der Waals surface area contributed by atoms with Gasteiger partial charge in [-0.1, -0.05) is 41.4 Å². The number of hydrogen-bond acceptors (Lipinski definition) is 10. The van der Waals surface area contributed by atoms with E-state index >= 15 is 0 Å². The summed E-state index contributed by atoms with van der Waals surface area (Å²) < 4.78 is 29.7. The summed E-state index contributed by atoms with van der Waals surface area (Å²) in [6.45, 7) is 4.26. The number of ether oxygens (including phenoxy) is 5. The second-order valence-corrected chi connectivity index (χ2v) is 10.5. The van der Waals surface area contributed by atoms with Gasteiger partial charge >= 0.3 is 23.9 Å². The highest BCUT2D eigenvalue weighted by Crippen LogP contribution is 2.41. The van der Waals surface area contributed by atoms with Gasteiger partial charge < -0.3 is 33.4 Å². The Bertz CT molecular complexity index is 1490. The summed E-state index contributed by atoms with van der Waals surface area (Å²) in [7, 11) is 0. The van der Waals surface area contributed by atoms with E-state index < -0.39 is 60.6 Å². The van der Waals surface area contributed by atoms with Crippen LogP contribution in [0, 0.1) is 0 Å². The third-order valence-corrected chi connectivity index (χ3v) is 7.12. The van der Waals surface area contributed by atoms with E-state index in [1.54, 1.807) is 53.2 Å². The first-order valence-corrected chi connectivity index (χ1v) is 13.7. The van der Waals surface area contributed by atoms with Gasteiger partial charge in [0.2, 0.25) is 0 Å². The van der Waals surface area contributed by atoms with Crippen molar-refractivity contribution in [1.29, 1.82) is 0 Å². The summed E-state index contributed by atoms with van der Waals surface area (Å²) in [4.78, 5) is 48.3. The van der Waals surface area contributed by atoms with E-state index in [1.807, 2.05) is 0 Å². The predicted octanol–water partition coefficient (Wildman–Crippen LogP) is 4.29. The molecule has 11 nitrogen and oxygen atoms in total. The Hall–Kier alpha value is -3.64. The second kappa shape index (κ2) is 13.1. The Morgan fingerprint density at radius 3 is 2.05 bits per heavy atom. The number of fused-ring (bicyclic) bond motifs is 1. The Labute approximate surface area is 251 Å². The summed E-state index contributed by atoms with van der Waals surface area (Å²) in [5.74, 6) is -2.85. The zero-order valence-electron chi connectivity index (χ0n) is 23.1. The number of aliphatic hydroxyl groups excluding tert-OH is 1. The number of hydrogen-bond donors (Lipinski definition) is 1. The topological polar surface area (TPSA) is 140 Å². The Balaban J connectivity index is 1.91. The van der Waals surface area contributed by atoms with Crippen molar-refractivity contribution < 1.29 is 48.0 Å². The lowest BCUT2D eigenvalue weighted by molar-refractivity contribution is -0.267. The fourth-order valence-corrected chi connectivity index (χ4v) is 5.37. The van der Waals surface area contributed by atoms with Crippen molar-refractivity contribution in [2.24, 2.45) is 0 Å². The molecular formula is C29H29Cl2NO10. The molecule has 6 atom stereocenters. The minimum atomic E-state index is -1.36. The molecule has 4 rings (SSSR count). The fraction of sp³-hybridized carbons (Fsp3) is 0.379. The molecule has 224 valence electrons. The van der Waals surface area contributed by atoms with Crippen LogP contribution in [-0.4, -0.2) is 64.6 Å². The van der Waals surface area contributed by atoms with Crippen molar-refractivity contribution in [2.75, 3.05) is 6.61 Å². The number of benzene rings is 2. The van der Waals surface area contributed by atoms with Crippen molar-refractivity contribution in [3.05, 3.63) is 69.8 Å². The van der Waals surface area contributed by atoms with Crippen molar-refractivity contribution in [1.82, 2.24) is 4.57 Å². The fourth-order valence-electron chi connectivity index (χ4n) is 4.97. The number of aliphatic hydroxyl groups is 1. The van der Waals surface area contributed by atoms with Gasteiger partial charge in [0.25, 0.3) is 0 Å². The van der Waals surface area contributed by atoms with Gasteiger partial charge in [0.1, 0.15) is 18.8 Å². The molecule has 2 aromatic carbocycles. The van der Waals surface area contributed by atoms with Crippen molar-refractivity contribution in [2.45, 2.75) is 64.4 Å². The highest BCUT2D eigenvalue weighted by molar-refractivity contribution is 6.35. The standard InChI is InChI=1S/C29H29Cl2NO10/c1-14(33)38-13-23-26(39-15(2)34)27(40-16(3)35)28(41-17(4)36)29(42-23)32-12-20(24-21(31)6-5-7-22(24)32)25(37)18-8-10-19(30)11-9-18/h5-12,23,25-29,37H,13H2,1-4H3/t23-,25?,26-,27+,28-,29-/m1/s1. The highest BCUT2D eigenvalue weighted by Gasteiger charge is 2.53. The first kappa shape index (κ1) is 31.3. The molecule has 2 heterocycles. The van der Waals surface area contributed by atoms with Gasteiger partial charge in [-0.3, -0.25) is 19.2 Å². The normalized spacial score (nSPS) is 22.7. The van der Waals surface area contributed by atoms with Crippen LogP contribution < -0.4 is 0 Å². The Morgan fingerprint density at radius 1 is 0.857 bits per heavy atom. The molecule has 0 radical (unpaired) electrons. The summed E-state index contributed by atoms with van der Waals surface area (Å²) in [5.41, 5.74) is 1.40. The van der Waals surface area contributed by atoms with E-state index in [4.69, 9.17) is 46.9 Å². The lowest BCUT2D eigenvalue weighted by Crippen LogP contribution is -2.60. The number of carbonyl (C=O) groups excluding carboxylic acids is 4. The minimum Gasteiger partial charge on any atom is -0.463 e. The first-order valence-electron chi connectivity index (χ1n) is 12.9. The maximum absolute atomic E-state index is 12.3. The molecule has 1 aliphatic rings. The van der Waals surface area contributed by atoms with Crippen LogP contribution in [0.2, 0.25) is 10.0 Å². The largest absolute Gasteiger partial charge is 0.463 e. The SMILES string of the molecule is CC(=O)OC[C@H]1O[C@@H](n2cc(C(O)c3ccc(Cl)cc3)c3c(Cl)cccc32)[C@H](OC(C)=O)[C@@H](OC(C)=O)[C@@H]1OC(C)=O. The summed E-state index contributed by atoms with van der Waals surface area (Å²) in [5, 5.41) is 12.7. The van der Waals surface area contributed by atoms with Crippen LogP contribution in [0.4, 0.5) is 0 Å². The highest BCUT2D eigenvalue weighted by atomic mass is 35.5. The summed E-state index contributed by atoms with van der Waals surface area (Å²) in [6.07, 6.45) is -5.97. The lowest BCUT2D eigenvalue weighted by atomic mass is 9.97. The van der Waals surface area contributed by atoms with Crippen LogP contribution in [0.3, 0.4) is 0 Å². The van der Waals surface area contributed by atoms with E-state index in [0.29, 0.717) is 32.1 Å². The first-order chi connectivity index (χ1) is 19.9. The number of aromatic nitrogens is 1. The molecule has 1 aromatic heterocycles. The lowest BCUT2D eigenvalue weighted by Gasteiger charge is -2.44. The van der Waals surface area contributed by atoms with Gasteiger partial charge in [-0.25, -0.2) is 0 Å². The molecule has 0 spiro atoms. The predicted molar refractivity (Wildman–Crippen MR) is 150 cm³/mol. The van der Waals surface area contributed by atoms with Gasteiger partial charge in [-0.2, -0.15) is 0 Å². The zero-order chi connectivity index (χ0) is 30.7. The summed E-state index contributed by atoms with van der Waals surface area (Å²) in [6, 6.07) is 11.7. The van der Waals surface area contributed by atoms with Crippen molar-refractivity contribution >= 4 is 58.0 Å². The van der Waals surface area contributed by atoms with E-state index in [9.17, 15) is 24.3 Å². The molecule has 13 heteroatoms. The molecule has 1 fully saturated rings. The van der Waals surface area contributed by atoms with Crippen LogP contribution in [0.1, 0.15) is 51.2 Å². The number of esters is 4. The summed E-state index contributed by atoms with van der Waals surface area (Å²) >= 11 is 12.7. The minimum absolute atomic E-state index is 0.319. The van der Waals surface area contributed by atoms with Crippen LogP contribution >= 0.6 is 23.2 Å². The molecule has 0 saturated carbocycles. The smallest absolute Gasteiger partial charge is 0.303 e. The van der Waals surface area contributed by atoms with Crippen molar-refractivity contribution in [3.63, 3.8) is 0 Å². The molecule has 0 bridgehead atoms. The van der Waals surface area contributed by atoms with Gasteiger partial charge in [0, 0.05) is 49.9 Å². The van der Waals surface area contributed by atoms with E-state index in [-0.39, 0.29) is 6.61 Å². The van der Waals surface area contributed by atoms with E-state index in [0.717, 1.165) is 20.8 Å². The third kappa shape index (κ3) is 6.87. The average Bonchev–Trinajstić information content (AvgIpc) is 3.30.